The van der Waals surface area contributed by atoms with Crippen molar-refractivity contribution in [3.8, 4) is 0 Å². The molecule has 3 aliphatic heterocycles. The molecule has 24 heavy (non-hydrogen) atoms. The SMILES string of the molecule is O=C(C1CC(O)C1)N1C[C@H](OCCN2CCCC2)[C@H]2OCCC[C@H]21. The second-order valence-corrected chi connectivity index (χ2v) is 7.82. The van der Waals surface area contributed by atoms with Crippen LogP contribution < -0.4 is 0 Å². The van der Waals surface area contributed by atoms with Crippen molar-refractivity contribution >= 4 is 5.91 Å². The van der Waals surface area contributed by atoms with Crippen LogP contribution in [0.15, 0.2) is 0 Å². The van der Waals surface area contributed by atoms with Crippen molar-refractivity contribution in [3.63, 3.8) is 0 Å². The number of ether oxygens (including phenoxy) is 2. The number of nitrogens with zero attached hydrogens (tertiary/aromatic N) is 2. The molecule has 3 atom stereocenters. The number of hydrogen-bond donors (Lipinski definition) is 1. The van der Waals surface area contributed by atoms with E-state index in [4.69, 9.17) is 9.47 Å². The Labute approximate surface area is 144 Å². The quantitative estimate of drug-likeness (QED) is 0.797. The van der Waals surface area contributed by atoms with Crippen LogP contribution in [0.1, 0.15) is 38.5 Å². The van der Waals surface area contributed by atoms with Gasteiger partial charge in [0.15, 0.2) is 0 Å². The van der Waals surface area contributed by atoms with E-state index < -0.39 is 0 Å². The van der Waals surface area contributed by atoms with E-state index in [0.29, 0.717) is 19.4 Å². The second kappa shape index (κ2) is 7.28. The van der Waals surface area contributed by atoms with Crippen molar-refractivity contribution in [2.75, 3.05) is 39.4 Å². The van der Waals surface area contributed by atoms with Gasteiger partial charge in [-0.3, -0.25) is 4.79 Å². The molecule has 1 saturated carbocycles. The molecule has 0 aromatic carbocycles. The van der Waals surface area contributed by atoms with E-state index in [1.807, 2.05) is 4.90 Å². The average Bonchev–Trinajstić information content (AvgIpc) is 3.20. The van der Waals surface area contributed by atoms with Gasteiger partial charge < -0.3 is 24.4 Å². The number of fused-ring (bicyclic) bond motifs is 1. The van der Waals surface area contributed by atoms with Crippen LogP contribution in [0.2, 0.25) is 0 Å². The minimum Gasteiger partial charge on any atom is -0.393 e. The van der Waals surface area contributed by atoms with Crippen LogP contribution in [0, 0.1) is 5.92 Å². The molecule has 1 aliphatic carbocycles. The third-order valence-corrected chi connectivity index (χ3v) is 6.16. The van der Waals surface area contributed by atoms with Crippen LogP contribution in [0.3, 0.4) is 0 Å². The highest BCUT2D eigenvalue weighted by atomic mass is 16.5. The lowest BCUT2D eigenvalue weighted by molar-refractivity contribution is -0.145. The third-order valence-electron chi connectivity index (χ3n) is 6.16. The van der Waals surface area contributed by atoms with Crippen LogP contribution in [-0.4, -0.2) is 84.6 Å². The molecule has 3 heterocycles. The predicted molar refractivity (Wildman–Crippen MR) is 88.6 cm³/mol. The van der Waals surface area contributed by atoms with Gasteiger partial charge >= 0.3 is 0 Å². The largest absolute Gasteiger partial charge is 0.393 e. The van der Waals surface area contributed by atoms with Crippen LogP contribution in [0.5, 0.6) is 0 Å². The Kier molecular flexibility index (Phi) is 5.08. The van der Waals surface area contributed by atoms with Crippen LogP contribution in [0.25, 0.3) is 0 Å². The number of amides is 1. The van der Waals surface area contributed by atoms with Gasteiger partial charge in [-0.15, -0.1) is 0 Å². The van der Waals surface area contributed by atoms with E-state index in [1.165, 1.54) is 25.9 Å². The molecule has 1 amide bonds. The standard InChI is InChI=1S/C18H30N2O4/c21-14-10-13(11-14)18(22)20-12-16(17-15(20)4-3-8-24-17)23-9-7-19-5-1-2-6-19/h13-17,21H,1-12H2/t13?,14?,15-,16+,17+/m1/s1. The van der Waals surface area contributed by atoms with Crippen molar-refractivity contribution in [3.05, 3.63) is 0 Å². The maximum Gasteiger partial charge on any atom is 0.226 e. The Balaban J connectivity index is 1.33. The number of likely N-dealkylation sites (tertiary alicyclic amines) is 2. The molecule has 3 saturated heterocycles. The molecular weight excluding hydrogens is 308 g/mol. The fraction of sp³-hybridized carbons (Fsp3) is 0.944. The van der Waals surface area contributed by atoms with Gasteiger partial charge in [0.05, 0.1) is 18.8 Å². The summed E-state index contributed by atoms with van der Waals surface area (Å²) in [5.41, 5.74) is 0. The molecule has 0 radical (unpaired) electrons. The summed E-state index contributed by atoms with van der Waals surface area (Å²) in [4.78, 5) is 17.2. The Morgan fingerprint density at radius 3 is 2.75 bits per heavy atom. The van der Waals surface area contributed by atoms with E-state index in [0.717, 1.165) is 32.6 Å². The van der Waals surface area contributed by atoms with Crippen molar-refractivity contribution in [2.45, 2.75) is 62.9 Å². The minimum absolute atomic E-state index is 0.00549. The predicted octanol–water partition coefficient (Wildman–Crippen LogP) is 0.628. The molecular formula is C18H30N2O4. The summed E-state index contributed by atoms with van der Waals surface area (Å²) < 4.78 is 12.1. The monoisotopic (exact) mass is 338 g/mol. The highest BCUT2D eigenvalue weighted by molar-refractivity contribution is 5.80. The van der Waals surface area contributed by atoms with Crippen molar-refractivity contribution in [1.82, 2.24) is 9.80 Å². The van der Waals surface area contributed by atoms with Gasteiger partial charge in [-0.2, -0.15) is 0 Å². The maximum atomic E-state index is 12.8. The zero-order valence-electron chi connectivity index (χ0n) is 14.4. The van der Waals surface area contributed by atoms with Crippen molar-refractivity contribution < 1.29 is 19.4 Å². The summed E-state index contributed by atoms with van der Waals surface area (Å²) in [7, 11) is 0. The lowest BCUT2D eigenvalue weighted by atomic mass is 9.81. The molecule has 0 bridgehead atoms. The summed E-state index contributed by atoms with van der Waals surface area (Å²) in [6, 6.07) is 0.167. The first kappa shape index (κ1) is 16.8. The molecule has 136 valence electrons. The smallest absolute Gasteiger partial charge is 0.226 e. The molecule has 0 unspecified atom stereocenters. The van der Waals surface area contributed by atoms with Gasteiger partial charge in [-0.05, 0) is 51.6 Å². The van der Waals surface area contributed by atoms with Crippen molar-refractivity contribution in [2.24, 2.45) is 5.92 Å². The zero-order chi connectivity index (χ0) is 16.5. The van der Waals surface area contributed by atoms with Crippen LogP contribution in [-0.2, 0) is 14.3 Å². The van der Waals surface area contributed by atoms with E-state index in [2.05, 4.69) is 4.90 Å². The molecule has 1 N–H and O–H groups in total. The summed E-state index contributed by atoms with van der Waals surface area (Å²) in [6.07, 6.45) is 5.61. The molecule has 0 aromatic rings. The highest BCUT2D eigenvalue weighted by Crippen LogP contribution is 2.36. The van der Waals surface area contributed by atoms with Crippen molar-refractivity contribution in [1.29, 1.82) is 0 Å². The van der Waals surface area contributed by atoms with Gasteiger partial charge in [0.25, 0.3) is 0 Å². The third kappa shape index (κ3) is 3.34. The first-order valence-electron chi connectivity index (χ1n) is 9.66. The Hall–Kier alpha value is -0.690. The number of rotatable bonds is 5. The first-order chi connectivity index (χ1) is 11.7. The molecule has 4 rings (SSSR count). The maximum absolute atomic E-state index is 12.8. The highest BCUT2D eigenvalue weighted by Gasteiger charge is 2.49. The van der Waals surface area contributed by atoms with E-state index >= 15 is 0 Å². The topological polar surface area (TPSA) is 62.2 Å². The molecule has 0 spiro atoms. The second-order valence-electron chi connectivity index (χ2n) is 7.82. The Bertz CT molecular complexity index is 448. The fourth-order valence-corrected chi connectivity index (χ4v) is 4.67. The van der Waals surface area contributed by atoms with E-state index in [-0.39, 0.29) is 36.2 Å². The van der Waals surface area contributed by atoms with Gasteiger partial charge in [0.2, 0.25) is 5.91 Å². The van der Waals surface area contributed by atoms with Crippen LogP contribution in [0.4, 0.5) is 0 Å². The van der Waals surface area contributed by atoms with Gasteiger partial charge in [-0.1, -0.05) is 0 Å². The molecule has 4 aliphatic rings. The molecule has 4 fully saturated rings. The average molecular weight is 338 g/mol. The first-order valence-corrected chi connectivity index (χ1v) is 9.66. The number of aliphatic hydroxyl groups excluding tert-OH is 1. The van der Waals surface area contributed by atoms with Gasteiger partial charge in [0, 0.05) is 25.6 Å². The van der Waals surface area contributed by atoms with Crippen LogP contribution >= 0.6 is 0 Å². The van der Waals surface area contributed by atoms with Gasteiger partial charge in [0.1, 0.15) is 12.2 Å². The summed E-state index contributed by atoms with van der Waals surface area (Å²) in [5.74, 6) is 0.206. The minimum atomic E-state index is -0.285. The molecule has 6 nitrogen and oxygen atoms in total. The van der Waals surface area contributed by atoms with Gasteiger partial charge in [-0.25, -0.2) is 0 Å². The lowest BCUT2D eigenvalue weighted by Gasteiger charge is -2.37. The summed E-state index contributed by atoms with van der Waals surface area (Å²) in [6.45, 7) is 5.51. The molecule has 6 heteroatoms. The fourth-order valence-electron chi connectivity index (χ4n) is 4.67. The Morgan fingerprint density at radius 2 is 2.00 bits per heavy atom. The van der Waals surface area contributed by atoms with E-state index in [1.54, 1.807) is 0 Å². The number of carbonyl (C=O) groups is 1. The number of carbonyl (C=O) groups excluding carboxylic acids is 1. The summed E-state index contributed by atoms with van der Waals surface area (Å²) >= 11 is 0. The molecule has 0 aromatic heterocycles. The van der Waals surface area contributed by atoms with E-state index in [9.17, 15) is 9.90 Å². The zero-order valence-corrected chi connectivity index (χ0v) is 14.4. The number of hydrogen-bond acceptors (Lipinski definition) is 5. The lowest BCUT2D eigenvalue weighted by Crippen LogP contribution is -2.48. The normalized spacial score (nSPS) is 39.7. The summed E-state index contributed by atoms with van der Waals surface area (Å²) in [5, 5.41) is 9.49. The number of aliphatic hydroxyl groups is 1. The Morgan fingerprint density at radius 1 is 1.21 bits per heavy atom.